The van der Waals surface area contributed by atoms with E-state index < -0.39 is 5.82 Å². The Morgan fingerprint density at radius 3 is 2.93 bits per heavy atom. The molecule has 0 aliphatic heterocycles. The van der Waals surface area contributed by atoms with E-state index in [1.807, 2.05) is 0 Å². The minimum absolute atomic E-state index is 0.00144. The van der Waals surface area contributed by atoms with Crippen LogP contribution < -0.4 is 5.90 Å². The van der Waals surface area contributed by atoms with Crippen molar-refractivity contribution in [3.8, 4) is 11.4 Å². The molecule has 2 N–H and O–H groups in total. The topological polar surface area (TPSA) is 74.2 Å². The minimum atomic E-state index is -0.404. The van der Waals surface area contributed by atoms with Crippen molar-refractivity contribution >= 4 is 0 Å². The number of nitrogens with two attached hydrogens (primary N) is 1. The van der Waals surface area contributed by atoms with Crippen molar-refractivity contribution in [2.75, 3.05) is 0 Å². The van der Waals surface area contributed by atoms with E-state index >= 15 is 0 Å². The average molecular weight is 209 g/mol. The number of aromatic nitrogens is 2. The van der Waals surface area contributed by atoms with Crippen molar-refractivity contribution in [3.05, 3.63) is 36.0 Å². The molecule has 0 saturated heterocycles. The first-order valence-corrected chi connectivity index (χ1v) is 4.20. The monoisotopic (exact) mass is 209 g/mol. The molecular weight excluding hydrogens is 201 g/mol. The van der Waals surface area contributed by atoms with Gasteiger partial charge in [0, 0.05) is 0 Å². The summed E-state index contributed by atoms with van der Waals surface area (Å²) in [7, 11) is 0. The van der Waals surface area contributed by atoms with Crippen molar-refractivity contribution in [2.24, 2.45) is 5.90 Å². The zero-order valence-corrected chi connectivity index (χ0v) is 7.68. The lowest BCUT2D eigenvalue weighted by Crippen LogP contribution is -1.98. The smallest absolute Gasteiger partial charge is 0.255 e. The summed E-state index contributed by atoms with van der Waals surface area (Å²) in [6.07, 6.45) is 0. The highest BCUT2D eigenvalue weighted by Crippen LogP contribution is 2.18. The van der Waals surface area contributed by atoms with Gasteiger partial charge in [-0.05, 0) is 12.1 Å². The summed E-state index contributed by atoms with van der Waals surface area (Å²) in [6.45, 7) is 0.00144. The zero-order valence-electron chi connectivity index (χ0n) is 7.68. The molecule has 78 valence electrons. The third kappa shape index (κ3) is 2.00. The van der Waals surface area contributed by atoms with Gasteiger partial charge in [-0.2, -0.15) is 4.98 Å². The molecule has 0 bridgehead atoms. The van der Waals surface area contributed by atoms with Crippen LogP contribution in [0.2, 0.25) is 0 Å². The molecule has 6 heteroatoms. The fourth-order valence-corrected chi connectivity index (χ4v) is 1.14. The average Bonchev–Trinajstić information content (AvgIpc) is 2.68. The second kappa shape index (κ2) is 4.16. The van der Waals surface area contributed by atoms with Gasteiger partial charge in [0.15, 0.2) is 0 Å². The summed E-state index contributed by atoms with van der Waals surface area (Å²) in [5.41, 5.74) is 0.282. The maximum absolute atomic E-state index is 13.3. The van der Waals surface area contributed by atoms with Crippen LogP contribution >= 0.6 is 0 Å². The van der Waals surface area contributed by atoms with Gasteiger partial charge in [-0.3, -0.25) is 4.84 Å². The van der Waals surface area contributed by atoms with E-state index in [-0.39, 0.29) is 23.9 Å². The second-order valence-electron chi connectivity index (χ2n) is 2.80. The van der Waals surface area contributed by atoms with Crippen LogP contribution in [-0.2, 0) is 11.4 Å². The van der Waals surface area contributed by atoms with Gasteiger partial charge < -0.3 is 4.52 Å². The number of halogens is 1. The largest absolute Gasteiger partial charge is 0.336 e. The maximum atomic E-state index is 13.3. The van der Waals surface area contributed by atoms with E-state index in [2.05, 4.69) is 15.0 Å². The molecule has 1 heterocycles. The summed E-state index contributed by atoms with van der Waals surface area (Å²) in [5.74, 6) is 4.82. The van der Waals surface area contributed by atoms with Crippen LogP contribution in [0.25, 0.3) is 11.4 Å². The Balaban J connectivity index is 2.33. The normalized spacial score (nSPS) is 10.5. The Labute approximate surface area is 84.6 Å². The lowest BCUT2D eigenvalue weighted by Gasteiger charge is -1.94. The first-order valence-electron chi connectivity index (χ1n) is 4.20. The van der Waals surface area contributed by atoms with Crippen molar-refractivity contribution < 1.29 is 13.8 Å². The van der Waals surface area contributed by atoms with Gasteiger partial charge >= 0.3 is 0 Å². The molecule has 0 saturated carbocycles. The van der Waals surface area contributed by atoms with Crippen molar-refractivity contribution in [1.82, 2.24) is 10.1 Å². The predicted octanol–water partition coefficient (Wildman–Crippen LogP) is 1.27. The van der Waals surface area contributed by atoms with Crippen molar-refractivity contribution in [1.29, 1.82) is 0 Å². The highest BCUT2D eigenvalue weighted by atomic mass is 19.1. The molecule has 15 heavy (non-hydrogen) atoms. The molecule has 0 unspecified atom stereocenters. The number of hydrogen-bond acceptors (Lipinski definition) is 5. The molecular formula is C9H8FN3O2. The SMILES string of the molecule is NOCc1nc(-c2ccccc2F)no1. The molecule has 1 aromatic carbocycles. The quantitative estimate of drug-likeness (QED) is 0.770. The van der Waals surface area contributed by atoms with E-state index in [9.17, 15) is 4.39 Å². The highest BCUT2D eigenvalue weighted by Gasteiger charge is 2.11. The maximum Gasteiger partial charge on any atom is 0.255 e. The second-order valence-corrected chi connectivity index (χ2v) is 2.80. The van der Waals surface area contributed by atoms with E-state index in [4.69, 9.17) is 10.4 Å². The minimum Gasteiger partial charge on any atom is -0.336 e. The van der Waals surface area contributed by atoms with Gasteiger partial charge in [-0.15, -0.1) is 0 Å². The lowest BCUT2D eigenvalue weighted by molar-refractivity contribution is 0.0996. The molecule has 0 spiro atoms. The van der Waals surface area contributed by atoms with Gasteiger partial charge in [0.25, 0.3) is 5.89 Å². The van der Waals surface area contributed by atoms with Crippen LogP contribution in [0.1, 0.15) is 5.89 Å². The summed E-state index contributed by atoms with van der Waals surface area (Å²) < 4.78 is 18.1. The van der Waals surface area contributed by atoms with Crippen LogP contribution in [0.15, 0.2) is 28.8 Å². The summed E-state index contributed by atoms with van der Waals surface area (Å²) in [4.78, 5) is 8.23. The van der Waals surface area contributed by atoms with Gasteiger partial charge in [0.1, 0.15) is 12.4 Å². The van der Waals surface area contributed by atoms with E-state index in [1.165, 1.54) is 6.07 Å². The molecule has 0 amide bonds. The summed E-state index contributed by atoms with van der Waals surface area (Å²) >= 11 is 0. The van der Waals surface area contributed by atoms with E-state index in [1.54, 1.807) is 18.2 Å². The Morgan fingerprint density at radius 1 is 1.40 bits per heavy atom. The lowest BCUT2D eigenvalue weighted by atomic mass is 10.2. The standard InChI is InChI=1S/C9H8FN3O2/c10-7-4-2-1-3-6(7)9-12-8(5-14-11)15-13-9/h1-4H,5,11H2. The van der Waals surface area contributed by atoms with Gasteiger partial charge in [0.2, 0.25) is 5.82 Å². The summed E-state index contributed by atoms with van der Waals surface area (Å²) in [6, 6.07) is 6.16. The third-order valence-electron chi connectivity index (χ3n) is 1.79. The first-order chi connectivity index (χ1) is 7.31. The van der Waals surface area contributed by atoms with Crippen LogP contribution in [0.3, 0.4) is 0 Å². The molecule has 1 aromatic heterocycles. The first kappa shape index (κ1) is 9.75. The molecule has 2 rings (SSSR count). The Hall–Kier alpha value is -1.79. The van der Waals surface area contributed by atoms with Crippen LogP contribution in [0.5, 0.6) is 0 Å². The Morgan fingerprint density at radius 2 is 2.20 bits per heavy atom. The Bertz CT molecular complexity index is 458. The van der Waals surface area contributed by atoms with Gasteiger partial charge in [-0.1, -0.05) is 17.3 Å². The molecule has 0 fully saturated rings. The van der Waals surface area contributed by atoms with E-state index in [0.717, 1.165) is 0 Å². The van der Waals surface area contributed by atoms with Crippen LogP contribution in [-0.4, -0.2) is 10.1 Å². The number of nitrogens with zero attached hydrogens (tertiary/aromatic N) is 2. The molecule has 2 aromatic rings. The molecule has 0 radical (unpaired) electrons. The van der Waals surface area contributed by atoms with Crippen molar-refractivity contribution in [2.45, 2.75) is 6.61 Å². The van der Waals surface area contributed by atoms with Crippen LogP contribution in [0, 0.1) is 5.82 Å². The predicted molar refractivity (Wildman–Crippen MR) is 48.7 cm³/mol. The van der Waals surface area contributed by atoms with Gasteiger partial charge in [0.05, 0.1) is 5.56 Å². The summed E-state index contributed by atoms with van der Waals surface area (Å²) in [5, 5.41) is 3.60. The molecule has 0 atom stereocenters. The number of hydrogen-bond donors (Lipinski definition) is 1. The molecule has 0 aliphatic rings. The van der Waals surface area contributed by atoms with Gasteiger partial charge in [-0.25, -0.2) is 10.3 Å². The molecule has 0 aliphatic carbocycles. The van der Waals surface area contributed by atoms with Crippen LogP contribution in [0.4, 0.5) is 4.39 Å². The molecule has 5 nitrogen and oxygen atoms in total. The number of benzene rings is 1. The fourth-order valence-electron chi connectivity index (χ4n) is 1.14. The zero-order chi connectivity index (χ0) is 10.7. The van der Waals surface area contributed by atoms with E-state index in [0.29, 0.717) is 0 Å². The number of rotatable bonds is 3. The fraction of sp³-hybridized carbons (Fsp3) is 0.111. The highest BCUT2D eigenvalue weighted by molar-refractivity contribution is 5.54. The third-order valence-corrected chi connectivity index (χ3v) is 1.79. The Kier molecular flexibility index (Phi) is 2.70. The van der Waals surface area contributed by atoms with Crippen molar-refractivity contribution in [3.63, 3.8) is 0 Å².